The number of hydrogen-bond acceptors (Lipinski definition) is 5. The van der Waals surface area contributed by atoms with Crippen molar-refractivity contribution in [2.45, 2.75) is 172 Å². The van der Waals surface area contributed by atoms with Crippen molar-refractivity contribution in [1.82, 2.24) is 0 Å². The van der Waals surface area contributed by atoms with Crippen molar-refractivity contribution in [2.24, 2.45) is 56.2 Å². The van der Waals surface area contributed by atoms with Gasteiger partial charge in [0.25, 0.3) is 0 Å². The van der Waals surface area contributed by atoms with Crippen molar-refractivity contribution in [1.29, 1.82) is 0 Å². The van der Waals surface area contributed by atoms with E-state index in [1.54, 1.807) is 19.4 Å². The molecule has 0 N–H and O–H groups in total. The summed E-state index contributed by atoms with van der Waals surface area (Å²) in [5.41, 5.74) is 3.17. The van der Waals surface area contributed by atoms with Crippen LogP contribution in [-0.4, -0.2) is 36.4 Å². The van der Waals surface area contributed by atoms with E-state index in [9.17, 15) is 9.59 Å². The molecule has 260 valence electrons. The van der Waals surface area contributed by atoms with Gasteiger partial charge >= 0.3 is 11.9 Å². The second-order valence-electron chi connectivity index (χ2n) is 20.1. The van der Waals surface area contributed by atoms with Crippen molar-refractivity contribution < 1.29 is 23.8 Å². The standard InChI is InChI=1S/C41H66O5/c1-25(2)26-15-20-41(31-24-44-31)22-21-39(11)27(33(26)41)13-14-29-38(10)18-17-30(37(8,9)28(38)16-19-40(29,39)12)45-32(42)23-36(6,7)34(43)46-35(3,4)5/h25,27-31H,13-24H2,1-12H3/t27-,28+,29-,30+,31-,38+,39-,40-,41-/m1/s1. The summed E-state index contributed by atoms with van der Waals surface area (Å²) in [5.74, 6) is 1.87. The summed E-state index contributed by atoms with van der Waals surface area (Å²) in [6.45, 7) is 27.8. The molecule has 5 heteroatoms. The molecule has 0 amide bonds. The second kappa shape index (κ2) is 10.8. The number of allylic oxidation sites excluding steroid dienone is 1. The van der Waals surface area contributed by atoms with Crippen molar-refractivity contribution in [3.8, 4) is 0 Å². The zero-order valence-electron chi connectivity index (χ0n) is 31.5. The molecule has 4 saturated carbocycles. The highest BCUT2D eigenvalue weighted by Gasteiger charge is 2.71. The molecule has 0 aromatic carbocycles. The third-order valence-corrected chi connectivity index (χ3v) is 15.4. The first-order valence-electron chi connectivity index (χ1n) is 18.9. The van der Waals surface area contributed by atoms with E-state index in [-0.39, 0.29) is 35.3 Å². The summed E-state index contributed by atoms with van der Waals surface area (Å²) < 4.78 is 18.1. The number of fused-ring (bicyclic) bond motifs is 7. The van der Waals surface area contributed by atoms with Gasteiger partial charge in [-0.2, -0.15) is 0 Å². The molecule has 5 nitrogen and oxygen atoms in total. The first kappa shape index (κ1) is 34.5. The molecule has 0 spiro atoms. The fourth-order valence-electron chi connectivity index (χ4n) is 12.8. The van der Waals surface area contributed by atoms with Crippen LogP contribution in [0.5, 0.6) is 0 Å². The highest BCUT2D eigenvalue weighted by Crippen LogP contribution is 2.77. The van der Waals surface area contributed by atoms with Gasteiger partial charge in [0.05, 0.1) is 24.5 Å². The number of ether oxygens (including phenoxy) is 3. The van der Waals surface area contributed by atoms with Crippen LogP contribution < -0.4 is 0 Å². The summed E-state index contributed by atoms with van der Waals surface area (Å²) in [4.78, 5) is 26.3. The average Bonchev–Trinajstić information content (AvgIpc) is 3.70. The lowest BCUT2D eigenvalue weighted by atomic mass is 9.33. The van der Waals surface area contributed by atoms with Crippen LogP contribution >= 0.6 is 0 Å². The summed E-state index contributed by atoms with van der Waals surface area (Å²) in [5, 5.41) is 0. The summed E-state index contributed by atoms with van der Waals surface area (Å²) >= 11 is 0. The van der Waals surface area contributed by atoms with E-state index in [0.717, 1.165) is 19.4 Å². The van der Waals surface area contributed by atoms with Crippen molar-refractivity contribution in [3.63, 3.8) is 0 Å². The highest BCUT2D eigenvalue weighted by molar-refractivity contribution is 5.83. The minimum atomic E-state index is -0.925. The normalized spacial score (nSPS) is 43.3. The molecule has 0 aromatic heterocycles. The molecule has 6 aliphatic rings. The quantitative estimate of drug-likeness (QED) is 0.165. The molecule has 1 heterocycles. The Morgan fingerprint density at radius 1 is 0.848 bits per heavy atom. The van der Waals surface area contributed by atoms with Crippen LogP contribution in [0.4, 0.5) is 0 Å². The summed E-state index contributed by atoms with van der Waals surface area (Å²) in [6, 6.07) is 0. The van der Waals surface area contributed by atoms with Crippen LogP contribution in [0, 0.1) is 56.2 Å². The number of hydrogen-bond donors (Lipinski definition) is 0. The minimum absolute atomic E-state index is 0.0402. The molecule has 0 bridgehead atoms. The average molecular weight is 639 g/mol. The largest absolute Gasteiger partial charge is 0.462 e. The van der Waals surface area contributed by atoms with Gasteiger partial charge in [0, 0.05) is 10.8 Å². The van der Waals surface area contributed by atoms with Gasteiger partial charge in [-0.25, -0.2) is 0 Å². The third-order valence-electron chi connectivity index (χ3n) is 15.4. The van der Waals surface area contributed by atoms with E-state index in [2.05, 4.69) is 48.5 Å². The van der Waals surface area contributed by atoms with E-state index in [0.29, 0.717) is 46.0 Å². The fourth-order valence-corrected chi connectivity index (χ4v) is 12.8. The van der Waals surface area contributed by atoms with E-state index in [1.807, 2.05) is 26.3 Å². The van der Waals surface area contributed by atoms with Crippen LogP contribution in [0.3, 0.4) is 0 Å². The van der Waals surface area contributed by atoms with Gasteiger partial charge in [-0.15, -0.1) is 0 Å². The number of rotatable bonds is 6. The summed E-state index contributed by atoms with van der Waals surface area (Å²) in [7, 11) is 0. The number of carbonyl (C=O) groups excluding carboxylic acids is 2. The number of epoxide rings is 1. The highest BCUT2D eigenvalue weighted by atomic mass is 16.6. The Balaban J connectivity index is 1.22. The Hall–Kier alpha value is -1.36. The van der Waals surface area contributed by atoms with Crippen LogP contribution in [0.25, 0.3) is 0 Å². The van der Waals surface area contributed by atoms with Crippen LogP contribution in [0.1, 0.15) is 154 Å². The van der Waals surface area contributed by atoms with Crippen LogP contribution in [0.15, 0.2) is 11.1 Å². The van der Waals surface area contributed by atoms with Crippen molar-refractivity contribution in [3.05, 3.63) is 11.1 Å². The maximum Gasteiger partial charge on any atom is 0.312 e. The predicted octanol–water partition coefficient (Wildman–Crippen LogP) is 9.86. The molecular formula is C41H66O5. The van der Waals surface area contributed by atoms with Gasteiger partial charge in [0.15, 0.2) is 0 Å². The molecule has 0 unspecified atom stereocenters. The monoisotopic (exact) mass is 638 g/mol. The van der Waals surface area contributed by atoms with Crippen LogP contribution in [0.2, 0.25) is 0 Å². The first-order chi connectivity index (χ1) is 21.1. The van der Waals surface area contributed by atoms with Crippen molar-refractivity contribution >= 4 is 11.9 Å². The molecular weight excluding hydrogens is 572 g/mol. The molecule has 1 aliphatic heterocycles. The lowest BCUT2D eigenvalue weighted by Gasteiger charge is -2.72. The van der Waals surface area contributed by atoms with Gasteiger partial charge in [0.1, 0.15) is 11.7 Å². The maximum absolute atomic E-state index is 13.4. The van der Waals surface area contributed by atoms with E-state index in [1.165, 1.54) is 51.4 Å². The van der Waals surface area contributed by atoms with Gasteiger partial charge in [0.2, 0.25) is 0 Å². The van der Waals surface area contributed by atoms with Crippen molar-refractivity contribution in [2.75, 3.05) is 6.61 Å². The maximum atomic E-state index is 13.4. The summed E-state index contributed by atoms with van der Waals surface area (Å²) in [6.07, 6.45) is 12.7. The SMILES string of the molecule is CC(C)C1=C2[C@H]3CC[C@@H]4[C@@]5(C)CC[C@H](OC(=O)CC(C)(C)C(=O)OC(C)(C)C)C(C)(C)[C@@H]5CC[C@@]4(C)[C@]3(C)CC[C@@]2([C@H]2CO2)CC1. The molecule has 0 radical (unpaired) electrons. The van der Waals surface area contributed by atoms with E-state index in [4.69, 9.17) is 14.2 Å². The molecule has 46 heavy (non-hydrogen) atoms. The van der Waals surface area contributed by atoms with E-state index >= 15 is 0 Å². The van der Waals surface area contributed by atoms with Gasteiger partial charge in [-0.05, 0) is 139 Å². The third kappa shape index (κ3) is 5.08. The van der Waals surface area contributed by atoms with Gasteiger partial charge in [-0.3, -0.25) is 9.59 Å². The Kier molecular flexibility index (Phi) is 8.11. The van der Waals surface area contributed by atoms with Gasteiger partial charge in [-0.1, -0.05) is 59.6 Å². The molecule has 5 fully saturated rings. The Morgan fingerprint density at radius 3 is 2.13 bits per heavy atom. The minimum Gasteiger partial charge on any atom is -0.462 e. The van der Waals surface area contributed by atoms with Gasteiger partial charge < -0.3 is 14.2 Å². The number of carbonyl (C=O) groups is 2. The zero-order chi connectivity index (χ0) is 33.9. The molecule has 5 aliphatic carbocycles. The predicted molar refractivity (Wildman–Crippen MR) is 183 cm³/mol. The topological polar surface area (TPSA) is 65.1 Å². The van der Waals surface area contributed by atoms with Crippen LogP contribution in [-0.2, 0) is 23.8 Å². The zero-order valence-corrected chi connectivity index (χ0v) is 31.5. The van der Waals surface area contributed by atoms with E-state index < -0.39 is 11.0 Å². The fraction of sp³-hybridized carbons (Fsp3) is 0.902. The molecule has 9 atom stereocenters. The molecule has 6 rings (SSSR count). The lowest BCUT2D eigenvalue weighted by molar-refractivity contribution is -0.234. The Labute approximate surface area is 280 Å². The second-order valence-corrected chi connectivity index (χ2v) is 20.1. The molecule has 0 aromatic rings. The molecule has 1 saturated heterocycles. The first-order valence-corrected chi connectivity index (χ1v) is 18.9. The smallest absolute Gasteiger partial charge is 0.312 e. The lowest BCUT2D eigenvalue weighted by Crippen LogP contribution is -2.66. The Bertz CT molecular complexity index is 1280. The number of esters is 2. The Morgan fingerprint density at radius 2 is 1.52 bits per heavy atom.